The summed E-state index contributed by atoms with van der Waals surface area (Å²) in [6, 6.07) is 9.47. The second-order valence-electron chi connectivity index (χ2n) is 6.96. The fourth-order valence-corrected chi connectivity index (χ4v) is 2.29. The third-order valence-corrected chi connectivity index (χ3v) is 3.56. The molecule has 0 radical (unpaired) electrons. The first-order valence-corrected chi connectivity index (χ1v) is 8.69. The first kappa shape index (κ1) is 23.8. The number of halogens is 1. The van der Waals surface area contributed by atoms with Crippen LogP contribution in [0.1, 0.15) is 31.9 Å². The van der Waals surface area contributed by atoms with Crippen molar-refractivity contribution in [1.29, 1.82) is 0 Å². The first-order chi connectivity index (χ1) is 12.8. The van der Waals surface area contributed by atoms with Crippen molar-refractivity contribution < 1.29 is 14.2 Å². The Balaban J connectivity index is 0.00000392. The quantitative estimate of drug-likeness (QED) is 0.344. The number of pyridine rings is 1. The standard InChI is InChI=1S/C20H28N4O3.HI/c1-20(2,3)27-18-9-7-15(12-22-18)13-24-19(21)23-11-14-6-8-16(25-4)17(10-14)26-5;/h6-10,12H,11,13H2,1-5H3,(H3,21,23,24);1H. The number of nitrogens with zero attached hydrogens (tertiary/aromatic N) is 2. The molecule has 0 spiro atoms. The largest absolute Gasteiger partial charge is 0.493 e. The molecule has 1 heterocycles. The van der Waals surface area contributed by atoms with Crippen LogP contribution in [-0.4, -0.2) is 30.8 Å². The van der Waals surface area contributed by atoms with Gasteiger partial charge in [0, 0.05) is 18.8 Å². The van der Waals surface area contributed by atoms with E-state index in [1.165, 1.54) is 0 Å². The van der Waals surface area contributed by atoms with Gasteiger partial charge < -0.3 is 25.3 Å². The first-order valence-electron chi connectivity index (χ1n) is 8.69. The summed E-state index contributed by atoms with van der Waals surface area (Å²) in [6.07, 6.45) is 1.74. The fourth-order valence-electron chi connectivity index (χ4n) is 2.29. The van der Waals surface area contributed by atoms with Gasteiger partial charge in [0.05, 0.1) is 20.8 Å². The Labute approximate surface area is 183 Å². The van der Waals surface area contributed by atoms with Crippen LogP contribution >= 0.6 is 24.0 Å². The molecule has 0 atom stereocenters. The average Bonchev–Trinajstić information content (AvgIpc) is 2.64. The molecule has 0 bridgehead atoms. The van der Waals surface area contributed by atoms with Crippen molar-refractivity contribution in [2.24, 2.45) is 10.7 Å². The van der Waals surface area contributed by atoms with E-state index < -0.39 is 0 Å². The lowest BCUT2D eigenvalue weighted by molar-refractivity contribution is 0.124. The summed E-state index contributed by atoms with van der Waals surface area (Å²) in [6.45, 7) is 6.92. The number of aromatic nitrogens is 1. The summed E-state index contributed by atoms with van der Waals surface area (Å²) in [5, 5.41) is 3.09. The van der Waals surface area contributed by atoms with Gasteiger partial charge in [0.25, 0.3) is 0 Å². The van der Waals surface area contributed by atoms with Crippen LogP contribution in [0.5, 0.6) is 17.4 Å². The van der Waals surface area contributed by atoms with Crippen molar-refractivity contribution in [2.45, 2.75) is 39.5 Å². The van der Waals surface area contributed by atoms with E-state index in [0.29, 0.717) is 36.4 Å². The Morgan fingerprint density at radius 2 is 1.75 bits per heavy atom. The number of hydrogen-bond acceptors (Lipinski definition) is 5. The molecule has 0 aliphatic rings. The molecule has 0 saturated carbocycles. The van der Waals surface area contributed by atoms with Crippen LogP contribution in [0.15, 0.2) is 41.5 Å². The fraction of sp³-hybridized carbons (Fsp3) is 0.400. The summed E-state index contributed by atoms with van der Waals surface area (Å²) in [5.74, 6) is 2.32. The number of rotatable bonds is 7. The van der Waals surface area contributed by atoms with E-state index in [0.717, 1.165) is 11.1 Å². The van der Waals surface area contributed by atoms with Gasteiger partial charge >= 0.3 is 0 Å². The number of aliphatic imine (C=N–C) groups is 1. The number of guanidine groups is 1. The lowest BCUT2D eigenvalue weighted by Gasteiger charge is -2.20. The lowest BCUT2D eigenvalue weighted by Crippen LogP contribution is -2.31. The van der Waals surface area contributed by atoms with Gasteiger partial charge in [0.2, 0.25) is 5.88 Å². The molecular formula is C20H29IN4O3. The molecule has 8 heteroatoms. The van der Waals surface area contributed by atoms with Gasteiger partial charge in [-0.25, -0.2) is 9.98 Å². The highest BCUT2D eigenvalue weighted by molar-refractivity contribution is 14.0. The Bertz CT molecular complexity index is 774. The van der Waals surface area contributed by atoms with Gasteiger partial charge in [-0.2, -0.15) is 0 Å². The van der Waals surface area contributed by atoms with E-state index in [1.807, 2.05) is 51.1 Å². The molecule has 3 N–H and O–H groups in total. The molecule has 0 saturated heterocycles. The van der Waals surface area contributed by atoms with Crippen LogP contribution in [0.25, 0.3) is 0 Å². The van der Waals surface area contributed by atoms with Crippen molar-refractivity contribution >= 4 is 29.9 Å². The Morgan fingerprint density at radius 1 is 1.07 bits per heavy atom. The van der Waals surface area contributed by atoms with E-state index in [2.05, 4.69) is 15.3 Å². The minimum Gasteiger partial charge on any atom is -0.493 e. The summed E-state index contributed by atoms with van der Waals surface area (Å²) >= 11 is 0. The normalized spacial score (nSPS) is 11.4. The second kappa shape index (κ2) is 10.9. The van der Waals surface area contributed by atoms with Crippen LogP contribution in [0.3, 0.4) is 0 Å². The number of ether oxygens (including phenoxy) is 3. The van der Waals surface area contributed by atoms with E-state index >= 15 is 0 Å². The SMILES string of the molecule is COc1ccc(CNC(N)=NCc2ccc(OC(C)(C)C)nc2)cc1OC.I. The van der Waals surface area contributed by atoms with Gasteiger partial charge in [-0.3, -0.25) is 0 Å². The molecule has 0 unspecified atom stereocenters. The molecule has 0 aliphatic carbocycles. The van der Waals surface area contributed by atoms with Crippen molar-refractivity contribution in [2.75, 3.05) is 14.2 Å². The summed E-state index contributed by atoms with van der Waals surface area (Å²) in [7, 11) is 3.22. The van der Waals surface area contributed by atoms with Crippen LogP contribution in [0, 0.1) is 0 Å². The average molecular weight is 500 g/mol. The van der Waals surface area contributed by atoms with Crippen molar-refractivity contribution in [1.82, 2.24) is 10.3 Å². The highest BCUT2D eigenvalue weighted by Crippen LogP contribution is 2.27. The minimum absolute atomic E-state index is 0. The third-order valence-electron chi connectivity index (χ3n) is 3.56. The van der Waals surface area contributed by atoms with Crippen molar-refractivity contribution in [3.05, 3.63) is 47.7 Å². The predicted octanol–water partition coefficient (Wildman–Crippen LogP) is 3.50. The predicted molar refractivity (Wildman–Crippen MR) is 122 cm³/mol. The highest BCUT2D eigenvalue weighted by Gasteiger charge is 2.12. The minimum atomic E-state index is -0.273. The smallest absolute Gasteiger partial charge is 0.213 e. The van der Waals surface area contributed by atoms with Gasteiger partial charge in [0.15, 0.2) is 17.5 Å². The van der Waals surface area contributed by atoms with Gasteiger partial charge in [-0.1, -0.05) is 12.1 Å². The maximum absolute atomic E-state index is 5.95. The molecule has 28 heavy (non-hydrogen) atoms. The molecule has 7 nitrogen and oxygen atoms in total. The molecular weight excluding hydrogens is 471 g/mol. The van der Waals surface area contributed by atoms with E-state index in [4.69, 9.17) is 19.9 Å². The molecule has 154 valence electrons. The van der Waals surface area contributed by atoms with Crippen LogP contribution in [-0.2, 0) is 13.1 Å². The summed E-state index contributed by atoms with van der Waals surface area (Å²) in [4.78, 5) is 8.63. The lowest BCUT2D eigenvalue weighted by atomic mass is 10.2. The van der Waals surface area contributed by atoms with Crippen LogP contribution < -0.4 is 25.3 Å². The van der Waals surface area contributed by atoms with Crippen molar-refractivity contribution in [3.8, 4) is 17.4 Å². The van der Waals surface area contributed by atoms with Gasteiger partial charge in [0.1, 0.15) is 5.60 Å². The number of hydrogen-bond donors (Lipinski definition) is 2. The molecule has 0 amide bonds. The highest BCUT2D eigenvalue weighted by atomic mass is 127. The number of methoxy groups -OCH3 is 2. The zero-order valence-corrected chi connectivity index (χ0v) is 19.3. The summed E-state index contributed by atoms with van der Waals surface area (Å²) < 4.78 is 16.2. The Kier molecular flexibility index (Phi) is 9.30. The molecule has 2 rings (SSSR count). The number of benzene rings is 1. The third kappa shape index (κ3) is 7.79. The van der Waals surface area contributed by atoms with Gasteiger partial charge in [-0.15, -0.1) is 24.0 Å². The monoisotopic (exact) mass is 500 g/mol. The van der Waals surface area contributed by atoms with E-state index in [1.54, 1.807) is 20.4 Å². The topological polar surface area (TPSA) is 91.0 Å². The molecule has 0 fully saturated rings. The Morgan fingerprint density at radius 3 is 2.32 bits per heavy atom. The number of nitrogens with two attached hydrogens (primary N) is 1. The molecule has 2 aromatic rings. The van der Waals surface area contributed by atoms with E-state index in [-0.39, 0.29) is 29.6 Å². The van der Waals surface area contributed by atoms with Crippen molar-refractivity contribution in [3.63, 3.8) is 0 Å². The zero-order chi connectivity index (χ0) is 19.9. The van der Waals surface area contributed by atoms with Crippen LogP contribution in [0.2, 0.25) is 0 Å². The molecule has 1 aromatic heterocycles. The van der Waals surface area contributed by atoms with Gasteiger partial charge in [-0.05, 0) is 44.0 Å². The number of nitrogens with one attached hydrogen (secondary N) is 1. The van der Waals surface area contributed by atoms with E-state index in [9.17, 15) is 0 Å². The maximum atomic E-state index is 5.95. The maximum Gasteiger partial charge on any atom is 0.213 e. The zero-order valence-electron chi connectivity index (χ0n) is 17.0. The second-order valence-corrected chi connectivity index (χ2v) is 6.96. The van der Waals surface area contributed by atoms with Crippen LogP contribution in [0.4, 0.5) is 0 Å². The summed E-state index contributed by atoms with van der Waals surface area (Å²) in [5.41, 5.74) is 7.64. The Hall–Kier alpha value is -2.23. The molecule has 1 aromatic carbocycles. The molecule has 0 aliphatic heterocycles.